The van der Waals surface area contributed by atoms with Crippen molar-refractivity contribution in [1.29, 1.82) is 0 Å². The van der Waals surface area contributed by atoms with Crippen molar-refractivity contribution in [2.24, 2.45) is 5.41 Å². The predicted molar refractivity (Wildman–Crippen MR) is 77.2 cm³/mol. The quantitative estimate of drug-likeness (QED) is 0.592. The van der Waals surface area contributed by atoms with Crippen molar-refractivity contribution >= 4 is 27.4 Å². The molecule has 1 rings (SSSR count). The lowest BCUT2D eigenvalue weighted by Gasteiger charge is -2.24. The van der Waals surface area contributed by atoms with Crippen LogP contribution < -0.4 is 5.32 Å². The van der Waals surface area contributed by atoms with Crippen molar-refractivity contribution in [1.82, 2.24) is 4.98 Å². The average molecular weight is 332 g/mol. The van der Waals surface area contributed by atoms with Gasteiger partial charge in [0.05, 0.1) is 4.92 Å². The van der Waals surface area contributed by atoms with Crippen molar-refractivity contribution in [3.8, 4) is 0 Å². The number of nitrogens with one attached hydrogen (secondary N) is 1. The van der Waals surface area contributed by atoms with Gasteiger partial charge in [-0.1, -0.05) is 13.8 Å². The first-order valence-corrected chi connectivity index (χ1v) is 6.80. The molecule has 6 nitrogen and oxygen atoms in total. The first kappa shape index (κ1) is 15.8. The molecule has 0 aliphatic carbocycles. The minimum absolute atomic E-state index is 0.0488. The lowest BCUT2D eigenvalue weighted by atomic mass is 9.88. The summed E-state index contributed by atoms with van der Waals surface area (Å²) in [6.07, 6.45) is 3.07. The van der Waals surface area contributed by atoms with Crippen LogP contribution in [0.3, 0.4) is 0 Å². The van der Waals surface area contributed by atoms with Crippen LogP contribution in [0.25, 0.3) is 0 Å². The van der Waals surface area contributed by atoms with Crippen LogP contribution >= 0.6 is 15.9 Å². The Balaban J connectivity index is 2.75. The molecule has 0 radical (unpaired) electrons. The van der Waals surface area contributed by atoms with E-state index >= 15 is 0 Å². The molecule has 0 unspecified atom stereocenters. The normalized spacial score (nSPS) is 11.4. The van der Waals surface area contributed by atoms with E-state index in [0.717, 1.165) is 6.42 Å². The van der Waals surface area contributed by atoms with Gasteiger partial charge in [0.15, 0.2) is 0 Å². The maximum atomic E-state index is 10.9. The summed E-state index contributed by atoms with van der Waals surface area (Å²) in [6, 6.07) is 1.43. The summed E-state index contributed by atoms with van der Waals surface area (Å²) in [7, 11) is 0. The standard InChI is InChI=1S/C12H18BrN3O3/c1-12(2,4-3-5-17)8-15-11-10(16(18)19)6-9(13)7-14-11/h6-7,17H,3-5,8H2,1-2H3,(H,14,15). The number of aliphatic hydroxyl groups excluding tert-OH is 1. The lowest BCUT2D eigenvalue weighted by Crippen LogP contribution is -2.24. The highest BCUT2D eigenvalue weighted by Gasteiger charge is 2.21. The largest absolute Gasteiger partial charge is 0.396 e. The summed E-state index contributed by atoms with van der Waals surface area (Å²) in [5, 5.41) is 22.8. The third-order valence-corrected chi connectivity index (χ3v) is 3.21. The van der Waals surface area contributed by atoms with E-state index in [2.05, 4.69) is 26.2 Å². The monoisotopic (exact) mass is 331 g/mol. The Morgan fingerprint density at radius 3 is 2.84 bits per heavy atom. The number of pyridine rings is 1. The zero-order valence-corrected chi connectivity index (χ0v) is 12.6. The summed E-state index contributed by atoms with van der Waals surface area (Å²) in [5.74, 6) is 0.269. The van der Waals surface area contributed by atoms with Gasteiger partial charge in [0.2, 0.25) is 5.82 Å². The Morgan fingerprint density at radius 1 is 1.58 bits per heavy atom. The lowest BCUT2D eigenvalue weighted by molar-refractivity contribution is -0.384. The Labute approximate surface area is 120 Å². The van der Waals surface area contributed by atoms with Crippen LogP contribution in [0.1, 0.15) is 26.7 Å². The maximum absolute atomic E-state index is 10.9. The molecular formula is C12H18BrN3O3. The Hall–Kier alpha value is -1.21. The SMILES string of the molecule is CC(C)(CCCO)CNc1ncc(Br)cc1[N+](=O)[O-]. The van der Waals surface area contributed by atoms with E-state index in [1.54, 1.807) is 0 Å². The van der Waals surface area contributed by atoms with Crippen molar-refractivity contribution in [3.05, 3.63) is 26.9 Å². The Morgan fingerprint density at radius 2 is 2.26 bits per heavy atom. The molecule has 106 valence electrons. The fraction of sp³-hybridized carbons (Fsp3) is 0.583. The number of halogens is 1. The Kier molecular flexibility index (Phi) is 5.68. The molecule has 0 saturated heterocycles. The second kappa shape index (κ2) is 6.81. The van der Waals surface area contributed by atoms with Crippen molar-refractivity contribution in [2.45, 2.75) is 26.7 Å². The summed E-state index contributed by atoms with van der Waals surface area (Å²) in [4.78, 5) is 14.5. The molecule has 0 saturated carbocycles. The number of anilines is 1. The first-order valence-electron chi connectivity index (χ1n) is 6.00. The summed E-state index contributed by atoms with van der Waals surface area (Å²) in [5.41, 5.74) is -0.113. The van der Waals surface area contributed by atoms with Crippen molar-refractivity contribution in [2.75, 3.05) is 18.5 Å². The topological polar surface area (TPSA) is 88.3 Å². The highest BCUT2D eigenvalue weighted by Crippen LogP contribution is 2.28. The molecule has 7 heteroatoms. The molecule has 0 aliphatic rings. The molecule has 0 aromatic carbocycles. The van der Waals surface area contributed by atoms with E-state index in [0.29, 0.717) is 17.4 Å². The molecule has 0 bridgehead atoms. The van der Waals surface area contributed by atoms with Gasteiger partial charge in [-0.2, -0.15) is 0 Å². The van der Waals surface area contributed by atoms with Crippen LogP contribution in [-0.4, -0.2) is 28.2 Å². The van der Waals surface area contributed by atoms with Gasteiger partial charge < -0.3 is 10.4 Å². The average Bonchev–Trinajstić information content (AvgIpc) is 2.35. The highest BCUT2D eigenvalue weighted by molar-refractivity contribution is 9.10. The smallest absolute Gasteiger partial charge is 0.312 e. The van der Waals surface area contributed by atoms with Crippen molar-refractivity contribution < 1.29 is 10.0 Å². The number of rotatable bonds is 7. The van der Waals surface area contributed by atoms with Gasteiger partial charge in [0.25, 0.3) is 0 Å². The molecule has 0 spiro atoms. The van der Waals surface area contributed by atoms with Gasteiger partial charge in [0, 0.05) is 29.9 Å². The molecule has 1 aromatic rings. The second-order valence-corrected chi connectivity index (χ2v) is 6.04. The van der Waals surface area contributed by atoms with Crippen LogP contribution in [0.4, 0.5) is 11.5 Å². The number of aliphatic hydroxyl groups is 1. The minimum Gasteiger partial charge on any atom is -0.396 e. The minimum atomic E-state index is -0.458. The van der Waals surface area contributed by atoms with Gasteiger partial charge in [-0.15, -0.1) is 0 Å². The van der Waals surface area contributed by atoms with E-state index in [9.17, 15) is 10.1 Å². The van der Waals surface area contributed by atoms with Crippen LogP contribution in [0.5, 0.6) is 0 Å². The van der Waals surface area contributed by atoms with Crippen LogP contribution in [0.15, 0.2) is 16.7 Å². The third kappa shape index (κ3) is 5.12. The zero-order valence-electron chi connectivity index (χ0n) is 11.0. The zero-order chi connectivity index (χ0) is 14.5. The van der Waals surface area contributed by atoms with E-state index in [1.165, 1.54) is 12.3 Å². The molecule has 0 amide bonds. The predicted octanol–water partition coefficient (Wildman–Crippen LogP) is 2.96. The van der Waals surface area contributed by atoms with E-state index in [-0.39, 0.29) is 23.5 Å². The molecule has 1 aromatic heterocycles. The summed E-state index contributed by atoms with van der Waals surface area (Å²) in [6.45, 7) is 4.79. The molecular weight excluding hydrogens is 314 g/mol. The molecule has 1 heterocycles. The molecule has 0 fully saturated rings. The van der Waals surface area contributed by atoms with Gasteiger partial charge in [-0.25, -0.2) is 4.98 Å². The van der Waals surface area contributed by atoms with E-state index < -0.39 is 4.92 Å². The molecule has 2 N–H and O–H groups in total. The van der Waals surface area contributed by atoms with Gasteiger partial charge in [-0.05, 0) is 34.2 Å². The fourth-order valence-electron chi connectivity index (χ4n) is 1.67. The van der Waals surface area contributed by atoms with Crippen molar-refractivity contribution in [3.63, 3.8) is 0 Å². The number of nitrogens with zero attached hydrogens (tertiary/aromatic N) is 2. The molecule has 0 atom stereocenters. The first-order chi connectivity index (χ1) is 8.85. The maximum Gasteiger partial charge on any atom is 0.312 e. The number of nitro groups is 1. The highest BCUT2D eigenvalue weighted by atomic mass is 79.9. The second-order valence-electron chi connectivity index (χ2n) is 5.12. The van der Waals surface area contributed by atoms with Gasteiger partial charge >= 0.3 is 5.69 Å². The summed E-state index contributed by atoms with van der Waals surface area (Å²) < 4.78 is 0.573. The Bertz CT molecular complexity index is 452. The molecule has 0 aliphatic heterocycles. The third-order valence-electron chi connectivity index (χ3n) is 2.78. The number of aromatic nitrogens is 1. The van der Waals surface area contributed by atoms with E-state index in [4.69, 9.17) is 5.11 Å². The fourth-order valence-corrected chi connectivity index (χ4v) is 1.99. The number of hydrogen-bond acceptors (Lipinski definition) is 5. The molecule has 19 heavy (non-hydrogen) atoms. The van der Waals surface area contributed by atoms with Crippen LogP contribution in [0.2, 0.25) is 0 Å². The van der Waals surface area contributed by atoms with Crippen LogP contribution in [0, 0.1) is 15.5 Å². The number of hydrogen-bond donors (Lipinski definition) is 2. The van der Waals surface area contributed by atoms with Gasteiger partial charge in [-0.3, -0.25) is 10.1 Å². The van der Waals surface area contributed by atoms with Crippen LogP contribution in [-0.2, 0) is 0 Å². The summed E-state index contributed by atoms with van der Waals surface area (Å²) >= 11 is 3.17. The van der Waals surface area contributed by atoms with Gasteiger partial charge in [0.1, 0.15) is 0 Å². The van der Waals surface area contributed by atoms with E-state index in [1.807, 2.05) is 13.8 Å².